The van der Waals surface area contributed by atoms with E-state index in [0.29, 0.717) is 36.6 Å². The number of carbonyl (C=O) groups is 1. The third kappa shape index (κ3) is 5.46. The molecule has 3 aromatic heterocycles. The summed E-state index contributed by atoms with van der Waals surface area (Å²) in [7, 11) is 4.36. The number of fused-ring (bicyclic) bond motifs is 2. The van der Waals surface area contributed by atoms with Crippen molar-refractivity contribution in [3.8, 4) is 23.3 Å². The van der Waals surface area contributed by atoms with Crippen LogP contribution in [0.15, 0.2) is 52.4 Å². The summed E-state index contributed by atoms with van der Waals surface area (Å²) < 4.78 is 24.8. The monoisotopic (exact) mass is 531 g/mol. The van der Waals surface area contributed by atoms with Crippen LogP contribution in [0.5, 0.6) is 17.2 Å². The predicted molar refractivity (Wildman–Crippen MR) is 143 cm³/mol. The average Bonchev–Trinajstić information content (AvgIpc) is 2.95. The topological polar surface area (TPSA) is 129 Å². The van der Waals surface area contributed by atoms with Crippen LogP contribution in [0.4, 0.5) is 0 Å². The van der Waals surface area contributed by atoms with Gasteiger partial charge in [0.05, 0.1) is 38.4 Å². The van der Waals surface area contributed by atoms with Crippen molar-refractivity contribution in [3.05, 3.63) is 69.6 Å². The van der Waals surface area contributed by atoms with Gasteiger partial charge < -0.3 is 23.5 Å². The first-order valence-electron chi connectivity index (χ1n) is 12.3. The number of amides is 1. The lowest BCUT2D eigenvalue weighted by atomic mass is 10.1. The molecule has 0 bridgehead atoms. The molecule has 0 radical (unpaired) electrons. The van der Waals surface area contributed by atoms with Gasteiger partial charge in [-0.2, -0.15) is 10.3 Å². The predicted octanol–water partition coefficient (Wildman–Crippen LogP) is 3.10. The number of aryl methyl sites for hydroxylation is 1. The molecule has 1 amide bonds. The summed E-state index contributed by atoms with van der Waals surface area (Å²) >= 11 is 0. The van der Waals surface area contributed by atoms with Crippen LogP contribution in [0.25, 0.3) is 16.7 Å². The second kappa shape index (κ2) is 11.8. The number of methoxy groups -OCH3 is 3. The number of benzene rings is 1. The minimum atomic E-state index is -0.644. The third-order valence-electron chi connectivity index (χ3n) is 6.01. The van der Waals surface area contributed by atoms with Crippen molar-refractivity contribution in [2.75, 3.05) is 27.9 Å². The molecule has 0 aliphatic rings. The quantitative estimate of drug-likeness (QED) is 0.238. The number of ether oxygens (including phenoxy) is 4. The molecule has 39 heavy (non-hydrogen) atoms. The highest BCUT2D eigenvalue weighted by Gasteiger charge is 2.19. The molecule has 0 saturated carbocycles. The molecule has 11 heteroatoms. The van der Waals surface area contributed by atoms with Gasteiger partial charge in [-0.15, -0.1) is 0 Å². The van der Waals surface area contributed by atoms with Crippen molar-refractivity contribution >= 4 is 22.6 Å². The van der Waals surface area contributed by atoms with Crippen molar-refractivity contribution in [1.29, 1.82) is 5.26 Å². The summed E-state index contributed by atoms with van der Waals surface area (Å²) in [5.74, 6) is 0.259. The Morgan fingerprint density at radius 3 is 2.44 bits per heavy atom. The first kappa shape index (κ1) is 27.3. The van der Waals surface area contributed by atoms with Gasteiger partial charge in [0.1, 0.15) is 17.4 Å². The first-order valence-corrected chi connectivity index (χ1v) is 12.3. The Labute approximate surface area is 224 Å². The summed E-state index contributed by atoms with van der Waals surface area (Å²) in [6.07, 6.45) is 2.18. The van der Waals surface area contributed by atoms with E-state index in [-0.39, 0.29) is 45.2 Å². The Morgan fingerprint density at radius 2 is 1.82 bits per heavy atom. The molecule has 0 spiro atoms. The summed E-state index contributed by atoms with van der Waals surface area (Å²) in [5, 5.41) is 10.3. The van der Waals surface area contributed by atoms with Gasteiger partial charge >= 0.3 is 0 Å². The molecule has 202 valence electrons. The van der Waals surface area contributed by atoms with Gasteiger partial charge in [-0.25, -0.2) is 4.98 Å². The van der Waals surface area contributed by atoms with Crippen LogP contribution in [0.3, 0.4) is 0 Å². The molecule has 11 nitrogen and oxygen atoms in total. The molecule has 0 aliphatic carbocycles. The fourth-order valence-electron chi connectivity index (χ4n) is 4.20. The van der Waals surface area contributed by atoms with Gasteiger partial charge in [-0.05, 0) is 50.6 Å². The largest absolute Gasteiger partial charge is 0.493 e. The number of hydrogen-bond donors (Lipinski definition) is 0. The van der Waals surface area contributed by atoms with Crippen molar-refractivity contribution in [2.24, 2.45) is 4.99 Å². The van der Waals surface area contributed by atoms with Gasteiger partial charge in [-0.3, -0.25) is 14.0 Å². The zero-order chi connectivity index (χ0) is 28.1. The Balaban J connectivity index is 1.97. The van der Waals surface area contributed by atoms with E-state index in [1.54, 1.807) is 29.0 Å². The Hall–Kier alpha value is -4.69. The van der Waals surface area contributed by atoms with Gasteiger partial charge in [0.25, 0.3) is 11.5 Å². The summed E-state index contributed by atoms with van der Waals surface area (Å²) in [4.78, 5) is 35.8. The molecule has 4 rings (SSSR count). The summed E-state index contributed by atoms with van der Waals surface area (Å²) in [6, 6.07) is 11.7. The number of carbonyl (C=O) groups excluding carboxylic acids is 1. The average molecular weight is 532 g/mol. The van der Waals surface area contributed by atoms with E-state index < -0.39 is 5.91 Å². The van der Waals surface area contributed by atoms with E-state index in [1.165, 1.54) is 43.9 Å². The Bertz CT molecular complexity index is 1690. The molecule has 4 aromatic rings. The highest BCUT2D eigenvalue weighted by atomic mass is 16.5. The van der Waals surface area contributed by atoms with Gasteiger partial charge in [-0.1, -0.05) is 6.07 Å². The zero-order valence-corrected chi connectivity index (χ0v) is 22.4. The van der Waals surface area contributed by atoms with E-state index in [1.807, 2.05) is 13.8 Å². The van der Waals surface area contributed by atoms with E-state index in [9.17, 15) is 14.9 Å². The van der Waals surface area contributed by atoms with Crippen LogP contribution < -0.4 is 25.3 Å². The number of rotatable bonds is 9. The number of pyridine rings is 2. The summed E-state index contributed by atoms with van der Waals surface area (Å²) in [6.45, 7) is 4.60. The highest BCUT2D eigenvalue weighted by molar-refractivity contribution is 5.96. The van der Waals surface area contributed by atoms with Gasteiger partial charge in [0.15, 0.2) is 17.0 Å². The van der Waals surface area contributed by atoms with E-state index >= 15 is 0 Å². The lowest BCUT2D eigenvalue weighted by Crippen LogP contribution is -2.30. The maximum absolute atomic E-state index is 13.5. The van der Waals surface area contributed by atoms with Crippen LogP contribution in [0.2, 0.25) is 0 Å². The number of hydrogen-bond acceptors (Lipinski definition) is 8. The lowest BCUT2D eigenvalue weighted by molar-refractivity contribution is 0.0748. The zero-order valence-electron chi connectivity index (χ0n) is 22.4. The maximum Gasteiger partial charge on any atom is 0.279 e. The molecule has 0 unspecified atom stereocenters. The second-order valence-electron chi connectivity index (χ2n) is 8.83. The smallest absolute Gasteiger partial charge is 0.279 e. The molecular formula is C28H29N5O6. The number of nitrogens with zero attached hydrogens (tertiary/aromatic N) is 5. The van der Waals surface area contributed by atoms with Crippen molar-refractivity contribution < 1.29 is 23.7 Å². The minimum Gasteiger partial charge on any atom is -0.493 e. The van der Waals surface area contributed by atoms with Crippen molar-refractivity contribution in [1.82, 2.24) is 14.0 Å². The molecule has 0 fully saturated rings. The maximum atomic E-state index is 13.5. The standard InChI is InChI=1S/C28H29N5O6/c1-17(2)39-12-8-11-33-25(31-27(34)18-14-21(36-3)24(38-5)22(15-18)37-4)19(16-29)13-20-26(33)30-23-9-6-7-10-32(23)28(20)35/h6-7,9-10,13-15,17H,8,11-12H2,1-5H3. The fraction of sp³-hybridized carbons (Fsp3) is 0.321. The van der Waals surface area contributed by atoms with Crippen molar-refractivity contribution in [2.45, 2.75) is 32.9 Å². The number of nitriles is 1. The molecule has 0 aliphatic heterocycles. The lowest BCUT2D eigenvalue weighted by Gasteiger charge is -2.15. The van der Waals surface area contributed by atoms with Crippen LogP contribution in [0, 0.1) is 11.3 Å². The third-order valence-corrected chi connectivity index (χ3v) is 6.01. The normalized spacial score (nSPS) is 11.7. The molecule has 1 aromatic carbocycles. The Morgan fingerprint density at radius 1 is 1.10 bits per heavy atom. The fourth-order valence-corrected chi connectivity index (χ4v) is 4.20. The number of aromatic nitrogens is 3. The second-order valence-corrected chi connectivity index (χ2v) is 8.83. The molecule has 0 N–H and O–H groups in total. The first-order chi connectivity index (χ1) is 18.8. The Kier molecular flexibility index (Phi) is 8.27. The minimum absolute atomic E-state index is 0.0367. The van der Waals surface area contributed by atoms with Gasteiger partial charge in [0, 0.05) is 24.9 Å². The van der Waals surface area contributed by atoms with Crippen LogP contribution in [-0.4, -0.2) is 53.9 Å². The molecule has 3 heterocycles. The van der Waals surface area contributed by atoms with E-state index in [4.69, 9.17) is 23.9 Å². The SMILES string of the molecule is COc1cc(C(=O)N=c2c(C#N)cc3c(=O)n4ccccc4nc3n2CCCOC(C)C)cc(OC)c1OC. The van der Waals surface area contributed by atoms with E-state index in [0.717, 1.165) is 0 Å². The molecule has 0 saturated heterocycles. The van der Waals surface area contributed by atoms with Crippen molar-refractivity contribution in [3.63, 3.8) is 0 Å². The van der Waals surface area contributed by atoms with Crippen LogP contribution >= 0.6 is 0 Å². The van der Waals surface area contributed by atoms with Gasteiger partial charge in [0.2, 0.25) is 5.75 Å². The van der Waals surface area contributed by atoms with Crippen LogP contribution in [0.1, 0.15) is 36.2 Å². The molecule has 0 atom stereocenters. The summed E-state index contributed by atoms with van der Waals surface area (Å²) in [5.41, 5.74) is 0.708. The van der Waals surface area contributed by atoms with E-state index in [2.05, 4.69) is 11.1 Å². The molecular weight excluding hydrogens is 502 g/mol. The highest BCUT2D eigenvalue weighted by Crippen LogP contribution is 2.38. The van der Waals surface area contributed by atoms with Crippen LogP contribution in [-0.2, 0) is 11.3 Å².